The van der Waals surface area contributed by atoms with Crippen LogP contribution in [0.3, 0.4) is 0 Å². The fourth-order valence-electron chi connectivity index (χ4n) is 0.0527. The molecule has 0 aliphatic heterocycles. The molecule has 0 aromatic rings. The highest BCUT2D eigenvalue weighted by atomic mass is 17.1. The first kappa shape index (κ1) is 5.50. The maximum absolute atomic E-state index is 7.77. The van der Waals surface area contributed by atoms with Crippen molar-refractivity contribution in [3.8, 4) is 0 Å². The Hall–Kier alpha value is -0.500. The zero-order valence-corrected chi connectivity index (χ0v) is 3.93. The van der Waals surface area contributed by atoms with Crippen molar-refractivity contribution in [2.75, 3.05) is 0 Å². The van der Waals surface area contributed by atoms with E-state index >= 15 is 0 Å². The molecule has 6 heavy (non-hydrogen) atoms. The highest BCUT2D eigenvalue weighted by Gasteiger charge is 1.75. The first-order valence-electron chi connectivity index (χ1n) is 1.75. The van der Waals surface area contributed by atoms with E-state index in [2.05, 4.69) is 4.89 Å². The van der Waals surface area contributed by atoms with E-state index in [1.165, 1.54) is 0 Å². The fraction of sp³-hybridized carbons (Fsp3) is 0.500. The average molecular weight is 88.1 g/mol. The summed E-state index contributed by atoms with van der Waals surface area (Å²) in [6.45, 7) is 3.45. The highest BCUT2D eigenvalue weighted by molar-refractivity contribution is 4.81. The van der Waals surface area contributed by atoms with E-state index < -0.39 is 0 Å². The van der Waals surface area contributed by atoms with Gasteiger partial charge in [-0.3, -0.25) is 0 Å². The summed E-state index contributed by atoms with van der Waals surface area (Å²) < 4.78 is 0. The van der Waals surface area contributed by atoms with Gasteiger partial charge in [0.2, 0.25) is 0 Å². The van der Waals surface area contributed by atoms with E-state index in [0.717, 1.165) is 0 Å². The molecule has 1 N–H and O–H groups in total. The van der Waals surface area contributed by atoms with E-state index in [4.69, 9.17) is 5.26 Å². The normalized spacial score (nSPS) is 11.5. The Morgan fingerprint density at radius 2 is 2.33 bits per heavy atom. The van der Waals surface area contributed by atoms with Crippen LogP contribution in [0, 0.1) is 0 Å². The van der Waals surface area contributed by atoms with Crippen LogP contribution in [0.25, 0.3) is 0 Å². The third-order valence-electron chi connectivity index (χ3n) is 0.551. The lowest BCUT2D eigenvalue weighted by molar-refractivity contribution is -0.202. The summed E-state index contributed by atoms with van der Waals surface area (Å²) in [5.41, 5.74) is 0. The molecule has 0 amide bonds. The van der Waals surface area contributed by atoms with Gasteiger partial charge in [0.05, 0.1) is 0 Å². The average Bonchev–Trinajstić information content (AvgIpc) is 1.65. The molecule has 0 saturated heterocycles. The lowest BCUT2D eigenvalue weighted by Crippen LogP contribution is -1.75. The maximum Gasteiger partial charge on any atom is 0.134 e. The number of hydrogen-bond acceptors (Lipinski definition) is 2. The minimum atomic E-state index is 0.523. The topological polar surface area (TPSA) is 29.5 Å². The summed E-state index contributed by atoms with van der Waals surface area (Å²) >= 11 is 0. The highest BCUT2D eigenvalue weighted by Crippen LogP contribution is 1.87. The molecule has 0 bridgehead atoms. The first-order chi connectivity index (χ1) is 2.81. The summed E-state index contributed by atoms with van der Waals surface area (Å²) in [5, 5.41) is 7.77. The van der Waals surface area contributed by atoms with Crippen molar-refractivity contribution in [3.05, 3.63) is 11.8 Å². The maximum atomic E-state index is 7.77. The lowest BCUT2D eigenvalue weighted by atomic mass is 10.5. The van der Waals surface area contributed by atoms with Crippen molar-refractivity contribution in [1.82, 2.24) is 0 Å². The molecule has 0 saturated carbocycles. The third-order valence-corrected chi connectivity index (χ3v) is 0.551. The lowest BCUT2D eigenvalue weighted by Gasteiger charge is -1.87. The Balaban J connectivity index is 3.22. The molecule has 0 atom stereocenters. The van der Waals surface area contributed by atoms with Crippen molar-refractivity contribution in [3.63, 3.8) is 0 Å². The second kappa shape index (κ2) is 2.72. The molecule has 0 heterocycles. The molecular weight excluding hydrogens is 80.0 g/mol. The van der Waals surface area contributed by atoms with Gasteiger partial charge in [0.1, 0.15) is 5.76 Å². The molecule has 0 aliphatic carbocycles. The molecule has 0 aliphatic rings. The predicted octanol–water partition coefficient (Wildman–Crippen LogP) is 1.40. The van der Waals surface area contributed by atoms with Crippen molar-refractivity contribution < 1.29 is 10.1 Å². The van der Waals surface area contributed by atoms with Crippen molar-refractivity contribution in [2.24, 2.45) is 0 Å². The van der Waals surface area contributed by atoms with Gasteiger partial charge in [-0.15, -0.1) is 0 Å². The van der Waals surface area contributed by atoms with E-state index in [-0.39, 0.29) is 0 Å². The van der Waals surface area contributed by atoms with Gasteiger partial charge in [-0.25, -0.2) is 5.26 Å². The number of rotatable bonds is 1. The van der Waals surface area contributed by atoms with Crippen LogP contribution in [0.1, 0.15) is 13.8 Å². The van der Waals surface area contributed by atoms with Crippen LogP contribution in [0.4, 0.5) is 0 Å². The van der Waals surface area contributed by atoms with Gasteiger partial charge in [-0.1, -0.05) is 0 Å². The Labute approximate surface area is 37.0 Å². The molecule has 0 rings (SSSR count). The van der Waals surface area contributed by atoms with Crippen LogP contribution < -0.4 is 0 Å². The number of hydrogen-bond donors (Lipinski definition) is 1. The van der Waals surface area contributed by atoms with Crippen LogP contribution in [-0.4, -0.2) is 5.26 Å². The van der Waals surface area contributed by atoms with Gasteiger partial charge in [-0.2, -0.15) is 0 Å². The van der Waals surface area contributed by atoms with Crippen molar-refractivity contribution in [2.45, 2.75) is 13.8 Å². The molecule has 2 heteroatoms. The summed E-state index contributed by atoms with van der Waals surface area (Å²) in [6.07, 6.45) is 1.67. The smallest absolute Gasteiger partial charge is 0.134 e. The van der Waals surface area contributed by atoms with Crippen LogP contribution in [0.2, 0.25) is 0 Å². The Morgan fingerprint density at radius 1 is 1.83 bits per heavy atom. The minimum Gasteiger partial charge on any atom is -0.345 e. The molecule has 0 radical (unpaired) electrons. The van der Waals surface area contributed by atoms with Crippen LogP contribution in [0.15, 0.2) is 11.8 Å². The van der Waals surface area contributed by atoms with Gasteiger partial charge >= 0.3 is 0 Å². The van der Waals surface area contributed by atoms with Gasteiger partial charge in [0.15, 0.2) is 0 Å². The Kier molecular flexibility index (Phi) is 2.50. The van der Waals surface area contributed by atoms with E-state index in [1.54, 1.807) is 19.9 Å². The summed E-state index contributed by atoms with van der Waals surface area (Å²) in [4.78, 5) is 3.76. The summed E-state index contributed by atoms with van der Waals surface area (Å²) in [7, 11) is 0. The first-order valence-corrected chi connectivity index (χ1v) is 1.75. The minimum absolute atomic E-state index is 0.523. The second-order valence-electron chi connectivity index (χ2n) is 0.991. The predicted molar refractivity (Wildman–Crippen MR) is 23.1 cm³/mol. The van der Waals surface area contributed by atoms with Crippen molar-refractivity contribution in [1.29, 1.82) is 0 Å². The molecular formula is C4H8O2. The molecule has 2 nitrogen and oxygen atoms in total. The largest absolute Gasteiger partial charge is 0.345 e. The van der Waals surface area contributed by atoms with E-state index in [9.17, 15) is 0 Å². The fourth-order valence-corrected chi connectivity index (χ4v) is 0.0527. The van der Waals surface area contributed by atoms with Crippen LogP contribution in [-0.2, 0) is 4.89 Å². The molecule has 0 fully saturated rings. The zero-order valence-electron chi connectivity index (χ0n) is 3.93. The SMILES string of the molecule is C/C=C(/C)OO. The zero-order chi connectivity index (χ0) is 4.99. The van der Waals surface area contributed by atoms with Gasteiger partial charge in [-0.05, 0) is 19.9 Å². The quantitative estimate of drug-likeness (QED) is 0.298. The second-order valence-corrected chi connectivity index (χ2v) is 0.991. The van der Waals surface area contributed by atoms with E-state index in [0.29, 0.717) is 5.76 Å². The Morgan fingerprint density at radius 3 is 2.33 bits per heavy atom. The van der Waals surface area contributed by atoms with Crippen molar-refractivity contribution >= 4 is 0 Å². The third kappa shape index (κ3) is 1.79. The summed E-state index contributed by atoms with van der Waals surface area (Å²) in [5.74, 6) is 0.523. The number of allylic oxidation sites excluding steroid dienone is 2. The standard InChI is InChI=1S/C4H8O2/c1-3-4(2)6-5/h3,5H,1-2H3/b4-3-. The van der Waals surface area contributed by atoms with Crippen LogP contribution >= 0.6 is 0 Å². The monoisotopic (exact) mass is 88.1 g/mol. The van der Waals surface area contributed by atoms with E-state index in [1.807, 2.05) is 0 Å². The van der Waals surface area contributed by atoms with Gasteiger partial charge in [0.25, 0.3) is 0 Å². The Bertz CT molecular complexity index is 56.6. The molecule has 0 aromatic carbocycles. The van der Waals surface area contributed by atoms with Crippen LogP contribution in [0.5, 0.6) is 0 Å². The molecule has 0 aromatic heterocycles. The molecule has 0 unspecified atom stereocenters. The molecule has 36 valence electrons. The van der Waals surface area contributed by atoms with Gasteiger partial charge < -0.3 is 4.89 Å². The summed E-state index contributed by atoms with van der Waals surface area (Å²) in [6, 6.07) is 0. The molecule has 0 spiro atoms. The van der Waals surface area contributed by atoms with Gasteiger partial charge in [0, 0.05) is 0 Å².